The Morgan fingerprint density at radius 3 is 2.25 bits per heavy atom. The zero-order valence-electron chi connectivity index (χ0n) is 9.90. The Balaban J connectivity index is 2.33. The van der Waals surface area contributed by atoms with Crippen molar-refractivity contribution in [3.63, 3.8) is 0 Å². The van der Waals surface area contributed by atoms with Gasteiger partial charge in [0, 0.05) is 39.3 Å². The smallest absolute Gasteiger partial charge is 0.321 e. The molecule has 0 spiro atoms. The van der Waals surface area contributed by atoms with Crippen LogP contribution in [0.15, 0.2) is 12.3 Å². The number of hydrogen-bond donors (Lipinski definition) is 1. The highest BCUT2D eigenvalue weighted by Gasteiger charge is 2.21. The lowest BCUT2D eigenvalue weighted by atomic mass is 10.3. The van der Waals surface area contributed by atoms with E-state index in [1.807, 2.05) is 13.0 Å². The van der Waals surface area contributed by atoms with Crippen molar-refractivity contribution in [1.29, 1.82) is 0 Å². The molecule has 1 rings (SSSR count). The molecule has 0 aliphatic carbocycles. The first-order valence-corrected chi connectivity index (χ1v) is 5.61. The number of nitrogens with one attached hydrogen (secondary N) is 1. The van der Waals surface area contributed by atoms with Gasteiger partial charge in [0.2, 0.25) is 5.91 Å². The molecule has 5 heteroatoms. The Morgan fingerprint density at radius 1 is 1.19 bits per heavy atom. The molecule has 16 heavy (non-hydrogen) atoms. The van der Waals surface area contributed by atoms with Gasteiger partial charge in [0.25, 0.3) is 0 Å². The number of rotatable bonds is 2. The molecule has 90 valence electrons. The lowest BCUT2D eigenvalue weighted by Gasteiger charge is -2.33. The van der Waals surface area contributed by atoms with Crippen LogP contribution in [0.5, 0.6) is 0 Å². The second-order valence-electron chi connectivity index (χ2n) is 3.75. The summed E-state index contributed by atoms with van der Waals surface area (Å²) < 4.78 is 0. The van der Waals surface area contributed by atoms with Crippen molar-refractivity contribution >= 4 is 11.9 Å². The molecule has 1 heterocycles. The van der Waals surface area contributed by atoms with E-state index >= 15 is 0 Å². The van der Waals surface area contributed by atoms with Gasteiger partial charge in [-0.15, -0.1) is 0 Å². The zero-order valence-corrected chi connectivity index (χ0v) is 9.90. The lowest BCUT2D eigenvalue weighted by Crippen LogP contribution is -2.52. The van der Waals surface area contributed by atoms with Gasteiger partial charge in [-0.25, -0.2) is 4.79 Å². The fourth-order valence-corrected chi connectivity index (χ4v) is 1.56. The fraction of sp³-hybridized carbons (Fsp3) is 0.636. The van der Waals surface area contributed by atoms with Crippen LogP contribution in [0.3, 0.4) is 0 Å². The van der Waals surface area contributed by atoms with Gasteiger partial charge in [0.1, 0.15) is 0 Å². The van der Waals surface area contributed by atoms with Crippen LogP contribution in [0, 0.1) is 0 Å². The number of amides is 3. The quantitative estimate of drug-likeness (QED) is 0.755. The third kappa shape index (κ3) is 3.56. The molecule has 0 atom stereocenters. The van der Waals surface area contributed by atoms with Crippen LogP contribution < -0.4 is 5.32 Å². The maximum absolute atomic E-state index is 11.6. The molecule has 0 saturated carbocycles. The summed E-state index contributed by atoms with van der Waals surface area (Å²) in [5.41, 5.74) is 0. The second kappa shape index (κ2) is 6.15. The highest BCUT2D eigenvalue weighted by atomic mass is 16.2. The molecular weight excluding hydrogens is 206 g/mol. The highest BCUT2D eigenvalue weighted by Crippen LogP contribution is 2.02. The van der Waals surface area contributed by atoms with Crippen LogP contribution in [0.4, 0.5) is 4.79 Å². The van der Waals surface area contributed by atoms with Crippen molar-refractivity contribution in [3.05, 3.63) is 12.3 Å². The van der Waals surface area contributed by atoms with Crippen LogP contribution in [0.25, 0.3) is 0 Å². The molecule has 0 aromatic rings. The Bertz CT molecular complexity index is 281. The largest absolute Gasteiger partial charge is 0.339 e. The van der Waals surface area contributed by atoms with Gasteiger partial charge in [-0.05, 0) is 6.42 Å². The van der Waals surface area contributed by atoms with E-state index in [4.69, 9.17) is 0 Å². The number of carbonyl (C=O) groups excluding carboxylic acids is 2. The summed E-state index contributed by atoms with van der Waals surface area (Å²) in [5.74, 6) is 0.0749. The molecule has 0 aromatic carbocycles. The molecule has 0 radical (unpaired) electrons. The van der Waals surface area contributed by atoms with Crippen molar-refractivity contribution in [3.8, 4) is 0 Å². The maximum Gasteiger partial charge on any atom is 0.321 e. The van der Waals surface area contributed by atoms with E-state index in [1.165, 1.54) is 0 Å². The molecule has 0 unspecified atom stereocenters. The topological polar surface area (TPSA) is 52.7 Å². The van der Waals surface area contributed by atoms with Gasteiger partial charge < -0.3 is 15.1 Å². The van der Waals surface area contributed by atoms with E-state index in [9.17, 15) is 9.59 Å². The first kappa shape index (κ1) is 12.5. The van der Waals surface area contributed by atoms with Gasteiger partial charge in [-0.3, -0.25) is 4.79 Å². The number of piperazine rings is 1. The van der Waals surface area contributed by atoms with Gasteiger partial charge in [-0.1, -0.05) is 13.0 Å². The summed E-state index contributed by atoms with van der Waals surface area (Å²) in [7, 11) is 0. The average Bonchev–Trinajstić information content (AvgIpc) is 2.29. The Morgan fingerprint density at radius 2 is 1.75 bits per heavy atom. The second-order valence-corrected chi connectivity index (χ2v) is 3.75. The molecule has 1 saturated heterocycles. The molecule has 0 bridgehead atoms. The van der Waals surface area contributed by atoms with E-state index in [1.54, 1.807) is 22.9 Å². The van der Waals surface area contributed by atoms with E-state index in [2.05, 4.69) is 5.32 Å². The number of urea groups is 1. The summed E-state index contributed by atoms with van der Waals surface area (Å²) in [6, 6.07) is -0.0899. The fourth-order valence-electron chi connectivity index (χ4n) is 1.56. The van der Waals surface area contributed by atoms with E-state index in [0.29, 0.717) is 26.2 Å². The minimum Gasteiger partial charge on any atom is -0.339 e. The van der Waals surface area contributed by atoms with Crippen molar-refractivity contribution in [2.24, 2.45) is 0 Å². The number of carbonyl (C=O) groups is 2. The third-order valence-electron chi connectivity index (χ3n) is 2.57. The predicted molar refractivity (Wildman–Crippen MR) is 61.8 cm³/mol. The van der Waals surface area contributed by atoms with Crippen LogP contribution in [-0.2, 0) is 4.79 Å². The molecule has 0 aromatic heterocycles. The van der Waals surface area contributed by atoms with Crippen molar-refractivity contribution < 1.29 is 9.59 Å². The Labute approximate surface area is 96.1 Å². The SMILES string of the molecule is CC/C=C/NC(=O)N1CCN(C(C)=O)CC1. The number of hydrogen-bond acceptors (Lipinski definition) is 2. The van der Waals surface area contributed by atoms with Crippen LogP contribution in [0.1, 0.15) is 20.3 Å². The van der Waals surface area contributed by atoms with Gasteiger partial charge in [0.05, 0.1) is 0 Å². The van der Waals surface area contributed by atoms with Crippen molar-refractivity contribution in [1.82, 2.24) is 15.1 Å². The molecule has 1 aliphatic heterocycles. The van der Waals surface area contributed by atoms with Crippen molar-refractivity contribution in [2.45, 2.75) is 20.3 Å². The summed E-state index contributed by atoms with van der Waals surface area (Å²) in [4.78, 5) is 26.2. The first-order chi connectivity index (χ1) is 7.65. The first-order valence-electron chi connectivity index (χ1n) is 5.61. The summed E-state index contributed by atoms with van der Waals surface area (Å²) in [6.45, 7) is 6.02. The molecular formula is C11H19N3O2. The predicted octanol–water partition coefficient (Wildman–Crippen LogP) is 0.784. The molecule has 1 N–H and O–H groups in total. The zero-order chi connectivity index (χ0) is 12.0. The van der Waals surface area contributed by atoms with Gasteiger partial charge in [0.15, 0.2) is 0 Å². The average molecular weight is 225 g/mol. The summed E-state index contributed by atoms with van der Waals surface area (Å²) in [5, 5.41) is 2.70. The monoisotopic (exact) mass is 225 g/mol. The number of nitrogens with zero attached hydrogens (tertiary/aromatic N) is 2. The third-order valence-corrected chi connectivity index (χ3v) is 2.57. The normalized spacial score (nSPS) is 16.6. The number of allylic oxidation sites excluding steroid dienone is 1. The van der Waals surface area contributed by atoms with E-state index in [-0.39, 0.29) is 11.9 Å². The molecule has 5 nitrogen and oxygen atoms in total. The van der Waals surface area contributed by atoms with Crippen LogP contribution in [-0.4, -0.2) is 47.9 Å². The molecule has 1 fully saturated rings. The Kier molecular flexibility index (Phi) is 4.82. The maximum atomic E-state index is 11.6. The molecule has 1 aliphatic rings. The van der Waals surface area contributed by atoms with Crippen LogP contribution in [0.2, 0.25) is 0 Å². The standard InChI is InChI=1S/C11H19N3O2/c1-3-4-5-12-11(16)14-8-6-13(7-9-14)10(2)15/h4-5H,3,6-9H2,1-2H3,(H,12,16)/b5-4+. The highest BCUT2D eigenvalue weighted by molar-refractivity contribution is 5.76. The van der Waals surface area contributed by atoms with Gasteiger partial charge in [-0.2, -0.15) is 0 Å². The molecule has 3 amide bonds. The summed E-state index contributed by atoms with van der Waals surface area (Å²) in [6.07, 6.45) is 4.46. The van der Waals surface area contributed by atoms with Gasteiger partial charge >= 0.3 is 6.03 Å². The Hall–Kier alpha value is -1.52. The van der Waals surface area contributed by atoms with Crippen molar-refractivity contribution in [2.75, 3.05) is 26.2 Å². The van der Waals surface area contributed by atoms with Crippen LogP contribution >= 0.6 is 0 Å². The lowest BCUT2D eigenvalue weighted by molar-refractivity contribution is -0.130. The van der Waals surface area contributed by atoms with E-state index < -0.39 is 0 Å². The summed E-state index contributed by atoms with van der Waals surface area (Å²) >= 11 is 0. The van der Waals surface area contributed by atoms with E-state index in [0.717, 1.165) is 6.42 Å². The minimum atomic E-state index is -0.0899. The minimum absolute atomic E-state index is 0.0749.